The summed E-state index contributed by atoms with van der Waals surface area (Å²) in [6.07, 6.45) is 3.43. The molecule has 106 valence electrons. The smallest absolute Gasteiger partial charge is 0.335 e. The third-order valence-electron chi connectivity index (χ3n) is 2.72. The van der Waals surface area contributed by atoms with Crippen LogP contribution in [0.5, 0.6) is 0 Å². The molecular weight excluding hydrogens is 280 g/mol. The van der Waals surface area contributed by atoms with Gasteiger partial charge >= 0.3 is 5.97 Å². The van der Waals surface area contributed by atoms with Gasteiger partial charge in [0.2, 0.25) is 10.0 Å². The summed E-state index contributed by atoms with van der Waals surface area (Å²) in [5.41, 5.74) is 1.51. The van der Waals surface area contributed by atoms with Crippen molar-refractivity contribution < 1.29 is 18.3 Å². The average Bonchev–Trinajstić information content (AvgIpc) is 2.90. The van der Waals surface area contributed by atoms with Gasteiger partial charge < -0.3 is 10.1 Å². The number of carboxylic acids is 1. The van der Waals surface area contributed by atoms with Crippen molar-refractivity contribution in [3.05, 3.63) is 59.4 Å². The van der Waals surface area contributed by atoms with Gasteiger partial charge in [0.05, 0.1) is 11.3 Å². The lowest BCUT2D eigenvalue weighted by Gasteiger charge is -2.06. The molecule has 1 heterocycles. The Labute approximate surface area is 116 Å². The first-order chi connectivity index (χ1) is 9.46. The third-order valence-corrected chi connectivity index (χ3v) is 4.01. The first kappa shape index (κ1) is 14.3. The fraction of sp³-hybridized carbons (Fsp3) is 0.154. The molecule has 0 amide bonds. The van der Waals surface area contributed by atoms with Crippen molar-refractivity contribution in [2.24, 2.45) is 0 Å². The molecule has 0 fully saturated rings. The van der Waals surface area contributed by atoms with Gasteiger partial charge in [-0.3, -0.25) is 0 Å². The lowest BCUT2D eigenvalue weighted by Crippen LogP contribution is -2.24. The van der Waals surface area contributed by atoms with Crippen molar-refractivity contribution in [2.45, 2.75) is 12.3 Å². The summed E-state index contributed by atoms with van der Waals surface area (Å²) in [6.45, 7) is 0.221. The van der Waals surface area contributed by atoms with Crippen LogP contribution in [-0.4, -0.2) is 24.5 Å². The SMILES string of the molecule is O=C(O)c1ccc(CS(=O)(=O)NCc2cc[nH]c2)cc1. The number of sulfonamides is 1. The van der Waals surface area contributed by atoms with E-state index in [-0.39, 0.29) is 17.9 Å². The Morgan fingerprint density at radius 1 is 1.15 bits per heavy atom. The molecule has 0 unspecified atom stereocenters. The minimum atomic E-state index is -3.46. The Hall–Kier alpha value is -2.12. The molecule has 1 aromatic heterocycles. The molecule has 0 bridgehead atoms. The van der Waals surface area contributed by atoms with E-state index in [4.69, 9.17) is 5.11 Å². The molecule has 0 atom stereocenters. The lowest BCUT2D eigenvalue weighted by molar-refractivity contribution is 0.0697. The van der Waals surface area contributed by atoms with Crippen LogP contribution >= 0.6 is 0 Å². The van der Waals surface area contributed by atoms with Crippen molar-refractivity contribution in [1.29, 1.82) is 0 Å². The minimum Gasteiger partial charge on any atom is -0.478 e. The number of H-pyrrole nitrogens is 1. The predicted octanol–water partition coefficient (Wildman–Crippen LogP) is 1.33. The topological polar surface area (TPSA) is 99.3 Å². The van der Waals surface area contributed by atoms with E-state index >= 15 is 0 Å². The van der Waals surface area contributed by atoms with Crippen LogP contribution in [0.15, 0.2) is 42.7 Å². The largest absolute Gasteiger partial charge is 0.478 e. The Bertz CT molecular complexity index is 676. The summed E-state index contributed by atoms with van der Waals surface area (Å²) < 4.78 is 26.2. The molecular formula is C13H14N2O4S. The fourth-order valence-corrected chi connectivity index (χ4v) is 2.80. The second-order valence-electron chi connectivity index (χ2n) is 4.30. The summed E-state index contributed by atoms with van der Waals surface area (Å²) in [5, 5.41) is 8.76. The molecule has 0 aliphatic heterocycles. The Kier molecular flexibility index (Phi) is 4.21. The average molecular weight is 294 g/mol. The van der Waals surface area contributed by atoms with E-state index in [2.05, 4.69) is 9.71 Å². The zero-order valence-corrected chi connectivity index (χ0v) is 11.4. The van der Waals surface area contributed by atoms with Gasteiger partial charge in [-0.05, 0) is 29.3 Å². The van der Waals surface area contributed by atoms with E-state index < -0.39 is 16.0 Å². The van der Waals surface area contributed by atoms with Gasteiger partial charge in [0.25, 0.3) is 0 Å². The van der Waals surface area contributed by atoms with Gasteiger partial charge in [-0.2, -0.15) is 0 Å². The standard InChI is InChI=1S/C13H14N2O4S/c16-13(17)12-3-1-10(2-4-12)9-20(18,19)15-8-11-5-6-14-7-11/h1-7,14-15H,8-9H2,(H,16,17). The number of aromatic amines is 1. The maximum atomic E-state index is 11.9. The van der Waals surface area contributed by atoms with E-state index in [0.717, 1.165) is 5.56 Å². The Morgan fingerprint density at radius 3 is 2.40 bits per heavy atom. The van der Waals surface area contributed by atoms with Gasteiger partial charge in [-0.15, -0.1) is 0 Å². The van der Waals surface area contributed by atoms with Crippen molar-refractivity contribution >= 4 is 16.0 Å². The van der Waals surface area contributed by atoms with E-state index in [0.29, 0.717) is 5.56 Å². The van der Waals surface area contributed by atoms with Gasteiger partial charge in [-0.25, -0.2) is 17.9 Å². The van der Waals surface area contributed by atoms with E-state index in [9.17, 15) is 13.2 Å². The van der Waals surface area contributed by atoms with Crippen molar-refractivity contribution in [2.75, 3.05) is 0 Å². The number of hydrogen-bond acceptors (Lipinski definition) is 3. The highest BCUT2D eigenvalue weighted by Gasteiger charge is 2.12. The Morgan fingerprint density at radius 2 is 1.85 bits per heavy atom. The normalized spacial score (nSPS) is 11.4. The maximum absolute atomic E-state index is 11.9. The van der Waals surface area contributed by atoms with Crippen LogP contribution < -0.4 is 4.72 Å². The number of benzene rings is 1. The number of nitrogens with one attached hydrogen (secondary N) is 2. The van der Waals surface area contributed by atoms with Gasteiger partial charge in [0.1, 0.15) is 0 Å². The number of carboxylic acid groups (broad SMARTS) is 1. The van der Waals surface area contributed by atoms with Crippen LogP contribution in [-0.2, 0) is 22.3 Å². The molecule has 0 spiro atoms. The minimum absolute atomic E-state index is 0.131. The highest BCUT2D eigenvalue weighted by molar-refractivity contribution is 7.88. The molecule has 1 aromatic carbocycles. The monoisotopic (exact) mass is 294 g/mol. The molecule has 0 radical (unpaired) electrons. The van der Waals surface area contributed by atoms with Gasteiger partial charge in [0, 0.05) is 18.9 Å². The molecule has 20 heavy (non-hydrogen) atoms. The van der Waals surface area contributed by atoms with Gasteiger partial charge in [-0.1, -0.05) is 12.1 Å². The summed E-state index contributed by atoms with van der Waals surface area (Å²) in [5.74, 6) is -1.22. The second-order valence-corrected chi connectivity index (χ2v) is 6.11. The summed E-state index contributed by atoms with van der Waals surface area (Å²) in [4.78, 5) is 13.5. The van der Waals surface area contributed by atoms with Crippen LogP contribution in [0.1, 0.15) is 21.5 Å². The Balaban J connectivity index is 1.98. The molecule has 0 aliphatic rings. The zero-order chi connectivity index (χ0) is 14.6. The summed E-state index contributed by atoms with van der Waals surface area (Å²) >= 11 is 0. The first-order valence-corrected chi connectivity index (χ1v) is 7.53. The van der Waals surface area contributed by atoms with Crippen molar-refractivity contribution in [1.82, 2.24) is 9.71 Å². The fourth-order valence-electron chi connectivity index (χ4n) is 1.68. The molecule has 0 saturated heterocycles. The van der Waals surface area contributed by atoms with Crippen LogP contribution in [0.4, 0.5) is 0 Å². The number of rotatable bonds is 6. The van der Waals surface area contributed by atoms with Gasteiger partial charge in [0.15, 0.2) is 0 Å². The summed E-state index contributed by atoms with van der Waals surface area (Å²) in [7, 11) is -3.46. The number of aromatic carboxylic acids is 1. The summed E-state index contributed by atoms with van der Waals surface area (Å²) in [6, 6.07) is 7.56. The van der Waals surface area contributed by atoms with Crippen LogP contribution in [0, 0.1) is 0 Å². The van der Waals surface area contributed by atoms with Crippen LogP contribution in [0.3, 0.4) is 0 Å². The molecule has 6 nitrogen and oxygen atoms in total. The highest BCUT2D eigenvalue weighted by Crippen LogP contribution is 2.08. The van der Waals surface area contributed by atoms with Crippen LogP contribution in [0.2, 0.25) is 0 Å². The number of hydrogen-bond donors (Lipinski definition) is 3. The highest BCUT2D eigenvalue weighted by atomic mass is 32.2. The zero-order valence-electron chi connectivity index (χ0n) is 10.5. The quantitative estimate of drug-likeness (QED) is 0.748. The van der Waals surface area contributed by atoms with E-state index in [1.54, 1.807) is 18.5 Å². The second kappa shape index (κ2) is 5.89. The third kappa shape index (κ3) is 3.94. The number of aromatic nitrogens is 1. The molecule has 0 saturated carbocycles. The molecule has 3 N–H and O–H groups in total. The lowest BCUT2D eigenvalue weighted by atomic mass is 10.1. The predicted molar refractivity (Wildman–Crippen MR) is 73.7 cm³/mol. The molecule has 7 heteroatoms. The first-order valence-electron chi connectivity index (χ1n) is 5.87. The molecule has 2 rings (SSSR count). The molecule has 2 aromatic rings. The number of carbonyl (C=O) groups is 1. The van der Waals surface area contributed by atoms with Crippen molar-refractivity contribution in [3.8, 4) is 0 Å². The van der Waals surface area contributed by atoms with E-state index in [1.807, 2.05) is 0 Å². The molecule has 0 aliphatic carbocycles. The maximum Gasteiger partial charge on any atom is 0.335 e. The van der Waals surface area contributed by atoms with Crippen LogP contribution in [0.25, 0.3) is 0 Å². The van der Waals surface area contributed by atoms with E-state index in [1.165, 1.54) is 24.3 Å². The van der Waals surface area contributed by atoms with Crippen molar-refractivity contribution in [3.63, 3.8) is 0 Å².